The molecule has 0 saturated carbocycles. The van der Waals surface area contributed by atoms with Crippen molar-refractivity contribution in [3.05, 3.63) is 69.7 Å². The zero-order valence-corrected chi connectivity index (χ0v) is 21.0. The Kier molecular flexibility index (Phi) is 6.30. The molecule has 0 atom stereocenters. The van der Waals surface area contributed by atoms with E-state index < -0.39 is 11.8 Å². The molecule has 0 amide bonds. The largest absolute Gasteiger partial charge is 0.497 e. The minimum atomic E-state index is -0.861. The predicted octanol–water partition coefficient (Wildman–Crippen LogP) is 5.79. The van der Waals surface area contributed by atoms with Crippen LogP contribution in [0.1, 0.15) is 39.0 Å². The van der Waals surface area contributed by atoms with Crippen molar-refractivity contribution in [3.63, 3.8) is 0 Å². The standard InChI is InChI=1S/C26H22N2O5S2/c1-15-22(25(29)31-14-16-4-6-20(30-3)7-5-16)35-24(28-15)21-12-17-10-19(26(2)32-8-9-33-26)11-18(13-27)23(17)34-21/h4-7,10-12H,8-9,14H2,1-3H3. The number of rotatable bonds is 6. The Morgan fingerprint density at radius 3 is 2.60 bits per heavy atom. The van der Waals surface area contributed by atoms with Gasteiger partial charge >= 0.3 is 5.97 Å². The Hall–Kier alpha value is -3.29. The van der Waals surface area contributed by atoms with Crippen LogP contribution in [0.25, 0.3) is 20.0 Å². The molecule has 4 aromatic rings. The second-order valence-electron chi connectivity index (χ2n) is 8.17. The van der Waals surface area contributed by atoms with Gasteiger partial charge in [0.1, 0.15) is 28.3 Å². The van der Waals surface area contributed by atoms with Crippen molar-refractivity contribution < 1.29 is 23.7 Å². The highest BCUT2D eigenvalue weighted by molar-refractivity contribution is 7.26. The first kappa shape index (κ1) is 23.5. The summed E-state index contributed by atoms with van der Waals surface area (Å²) in [5.41, 5.74) is 2.85. The number of nitriles is 1. The van der Waals surface area contributed by atoms with Crippen molar-refractivity contribution >= 4 is 38.7 Å². The van der Waals surface area contributed by atoms with E-state index in [4.69, 9.17) is 18.9 Å². The van der Waals surface area contributed by atoms with Crippen LogP contribution in [0.3, 0.4) is 0 Å². The number of carbonyl (C=O) groups is 1. The minimum Gasteiger partial charge on any atom is -0.497 e. The topological polar surface area (TPSA) is 90.7 Å². The Labute approximate surface area is 210 Å². The molecule has 3 heterocycles. The van der Waals surface area contributed by atoms with Gasteiger partial charge in [0.15, 0.2) is 5.79 Å². The highest BCUT2D eigenvalue weighted by Gasteiger charge is 2.34. The highest BCUT2D eigenvalue weighted by atomic mass is 32.1. The van der Waals surface area contributed by atoms with Gasteiger partial charge in [-0.1, -0.05) is 12.1 Å². The zero-order chi connectivity index (χ0) is 24.6. The summed E-state index contributed by atoms with van der Waals surface area (Å²) < 4.78 is 23.1. The number of esters is 1. The van der Waals surface area contributed by atoms with Crippen molar-refractivity contribution in [1.82, 2.24) is 4.98 Å². The summed E-state index contributed by atoms with van der Waals surface area (Å²) >= 11 is 2.77. The van der Waals surface area contributed by atoms with Gasteiger partial charge in [-0.05, 0) is 55.1 Å². The van der Waals surface area contributed by atoms with Crippen molar-refractivity contribution in [2.75, 3.05) is 20.3 Å². The third-order valence-electron chi connectivity index (χ3n) is 5.82. The molecule has 1 aliphatic rings. The van der Waals surface area contributed by atoms with Crippen LogP contribution in [-0.2, 0) is 26.6 Å². The highest BCUT2D eigenvalue weighted by Crippen LogP contribution is 2.41. The molecular weight excluding hydrogens is 484 g/mol. The zero-order valence-electron chi connectivity index (χ0n) is 19.4. The lowest BCUT2D eigenvalue weighted by Gasteiger charge is -2.23. The maximum atomic E-state index is 12.8. The van der Waals surface area contributed by atoms with Crippen LogP contribution >= 0.6 is 22.7 Å². The monoisotopic (exact) mass is 506 g/mol. The van der Waals surface area contributed by atoms with Gasteiger partial charge in [0.25, 0.3) is 0 Å². The van der Waals surface area contributed by atoms with Crippen LogP contribution in [0.2, 0.25) is 0 Å². The molecule has 0 bridgehead atoms. The van der Waals surface area contributed by atoms with E-state index >= 15 is 0 Å². The molecule has 0 unspecified atom stereocenters. The van der Waals surface area contributed by atoms with E-state index in [1.807, 2.05) is 49.4 Å². The number of methoxy groups -OCH3 is 1. The lowest BCUT2D eigenvalue weighted by atomic mass is 10.0. The number of hydrogen-bond donors (Lipinski definition) is 0. The number of fused-ring (bicyclic) bond motifs is 1. The molecular formula is C26H22N2O5S2. The molecule has 1 fully saturated rings. The predicted molar refractivity (Wildman–Crippen MR) is 134 cm³/mol. The number of benzene rings is 2. The van der Waals surface area contributed by atoms with Crippen LogP contribution in [-0.4, -0.2) is 31.3 Å². The van der Waals surface area contributed by atoms with E-state index in [-0.39, 0.29) is 6.61 Å². The third-order valence-corrected chi connectivity index (χ3v) is 8.31. The number of aromatic nitrogens is 1. The summed E-state index contributed by atoms with van der Waals surface area (Å²) in [5.74, 6) is -0.525. The Morgan fingerprint density at radius 1 is 1.17 bits per heavy atom. The molecule has 2 aromatic heterocycles. The summed E-state index contributed by atoms with van der Waals surface area (Å²) in [6, 6.07) is 15.5. The van der Waals surface area contributed by atoms with Gasteiger partial charge in [-0.2, -0.15) is 5.26 Å². The van der Waals surface area contributed by atoms with Crippen LogP contribution < -0.4 is 4.74 Å². The molecule has 9 heteroatoms. The van der Waals surface area contributed by atoms with Gasteiger partial charge < -0.3 is 18.9 Å². The molecule has 0 N–H and O–H groups in total. The molecule has 2 aromatic carbocycles. The third kappa shape index (κ3) is 4.54. The Balaban J connectivity index is 1.40. The van der Waals surface area contributed by atoms with E-state index in [1.165, 1.54) is 22.7 Å². The number of carbonyl (C=O) groups excluding carboxylic acids is 1. The minimum absolute atomic E-state index is 0.162. The molecule has 178 valence electrons. The second-order valence-corrected chi connectivity index (χ2v) is 10.2. The quantitative estimate of drug-likeness (QED) is 0.306. The van der Waals surface area contributed by atoms with Crippen molar-refractivity contribution in [1.29, 1.82) is 5.26 Å². The van der Waals surface area contributed by atoms with Gasteiger partial charge in [-0.3, -0.25) is 0 Å². The number of aryl methyl sites for hydroxylation is 1. The van der Waals surface area contributed by atoms with Crippen LogP contribution in [0.5, 0.6) is 5.75 Å². The van der Waals surface area contributed by atoms with Gasteiger partial charge in [0, 0.05) is 5.56 Å². The van der Waals surface area contributed by atoms with Crippen molar-refractivity contribution in [2.45, 2.75) is 26.2 Å². The SMILES string of the molecule is COc1ccc(COC(=O)c2sc(-c3cc4cc(C5(C)OCCO5)cc(C#N)c4s3)nc2C)cc1. The van der Waals surface area contributed by atoms with Crippen LogP contribution in [0.15, 0.2) is 42.5 Å². The van der Waals surface area contributed by atoms with Gasteiger partial charge in [-0.15, -0.1) is 22.7 Å². The van der Waals surface area contributed by atoms with E-state index in [0.29, 0.717) is 34.4 Å². The lowest BCUT2D eigenvalue weighted by molar-refractivity contribution is -0.149. The van der Waals surface area contributed by atoms with Crippen LogP contribution in [0.4, 0.5) is 0 Å². The average molecular weight is 507 g/mol. The van der Waals surface area contributed by atoms with E-state index in [9.17, 15) is 10.1 Å². The molecule has 7 nitrogen and oxygen atoms in total. The number of ether oxygens (including phenoxy) is 4. The maximum absolute atomic E-state index is 12.8. The molecule has 1 aliphatic heterocycles. The van der Waals surface area contributed by atoms with Gasteiger partial charge in [0.2, 0.25) is 0 Å². The van der Waals surface area contributed by atoms with Crippen molar-refractivity contribution in [2.24, 2.45) is 0 Å². The number of thiazole rings is 1. The van der Waals surface area contributed by atoms with Crippen LogP contribution in [0, 0.1) is 18.3 Å². The number of thiophene rings is 1. The van der Waals surface area contributed by atoms with E-state index in [0.717, 1.165) is 31.8 Å². The first-order valence-corrected chi connectivity index (χ1v) is 12.6. The lowest BCUT2D eigenvalue weighted by Crippen LogP contribution is -2.22. The Bertz CT molecular complexity index is 1440. The molecule has 0 spiro atoms. The van der Waals surface area contributed by atoms with E-state index in [1.54, 1.807) is 14.0 Å². The summed E-state index contributed by atoms with van der Waals surface area (Å²) in [4.78, 5) is 18.7. The first-order chi connectivity index (χ1) is 16.9. The maximum Gasteiger partial charge on any atom is 0.350 e. The smallest absolute Gasteiger partial charge is 0.350 e. The summed E-state index contributed by atoms with van der Waals surface area (Å²) in [6.07, 6.45) is 0. The number of hydrogen-bond acceptors (Lipinski definition) is 9. The average Bonchev–Trinajstić information content (AvgIpc) is 3.60. The summed E-state index contributed by atoms with van der Waals surface area (Å²) in [5, 5.41) is 11.4. The molecule has 35 heavy (non-hydrogen) atoms. The fourth-order valence-corrected chi connectivity index (χ4v) is 6.02. The van der Waals surface area contributed by atoms with Gasteiger partial charge in [-0.25, -0.2) is 9.78 Å². The molecule has 1 saturated heterocycles. The van der Waals surface area contributed by atoms with Gasteiger partial charge in [0.05, 0.1) is 41.2 Å². The summed E-state index contributed by atoms with van der Waals surface area (Å²) in [7, 11) is 1.61. The summed E-state index contributed by atoms with van der Waals surface area (Å²) in [6.45, 7) is 4.85. The fraction of sp³-hybridized carbons (Fsp3) is 0.269. The number of nitrogens with zero attached hydrogens (tertiary/aromatic N) is 2. The fourth-order valence-electron chi connectivity index (χ4n) is 3.91. The molecule has 0 radical (unpaired) electrons. The second kappa shape index (κ2) is 9.40. The normalized spacial score (nSPS) is 14.7. The molecule has 5 rings (SSSR count). The van der Waals surface area contributed by atoms with E-state index in [2.05, 4.69) is 11.1 Å². The van der Waals surface area contributed by atoms with Crippen molar-refractivity contribution in [3.8, 4) is 21.7 Å². The first-order valence-electron chi connectivity index (χ1n) is 10.9. The Morgan fingerprint density at radius 2 is 1.91 bits per heavy atom. The molecule has 0 aliphatic carbocycles.